The zero-order valence-electron chi connectivity index (χ0n) is 12.5. The van der Waals surface area contributed by atoms with Crippen molar-refractivity contribution in [2.45, 2.75) is 25.9 Å². The Hall–Kier alpha value is -1.73. The Morgan fingerprint density at radius 1 is 1.45 bits per heavy atom. The van der Waals surface area contributed by atoms with Gasteiger partial charge in [-0.05, 0) is 38.9 Å². The topological polar surface area (TPSA) is 55.6 Å². The Labute approximate surface area is 131 Å². The Morgan fingerprint density at radius 3 is 2.82 bits per heavy atom. The molecule has 1 fully saturated rings. The van der Waals surface area contributed by atoms with Crippen molar-refractivity contribution in [3.05, 3.63) is 28.6 Å². The largest absolute Gasteiger partial charge is 0.458 e. The predicted molar refractivity (Wildman–Crippen MR) is 80.4 cm³/mol. The number of ether oxygens (including phenoxy) is 1. The van der Waals surface area contributed by atoms with Gasteiger partial charge in [-0.2, -0.15) is 4.39 Å². The van der Waals surface area contributed by atoms with Crippen LogP contribution in [0.5, 0.6) is 0 Å². The van der Waals surface area contributed by atoms with E-state index in [4.69, 9.17) is 4.74 Å². The van der Waals surface area contributed by atoms with Gasteiger partial charge in [0.1, 0.15) is 16.7 Å². The van der Waals surface area contributed by atoms with Crippen molar-refractivity contribution < 1.29 is 18.4 Å². The van der Waals surface area contributed by atoms with Gasteiger partial charge in [-0.15, -0.1) is 11.3 Å². The molecule has 3 heterocycles. The minimum absolute atomic E-state index is 0.0273. The number of piperidine rings is 1. The van der Waals surface area contributed by atoms with Crippen LogP contribution in [0.1, 0.15) is 28.1 Å². The Morgan fingerprint density at radius 2 is 2.18 bits per heavy atom. The first-order valence-electron chi connectivity index (χ1n) is 7.16. The number of nitrogens with zero attached hydrogens (tertiary/aromatic N) is 2. The lowest BCUT2D eigenvalue weighted by molar-refractivity contribution is 0.0144. The third kappa shape index (κ3) is 3.05. The molecular weight excluding hydrogens is 307 g/mol. The van der Waals surface area contributed by atoms with Crippen molar-refractivity contribution in [2.75, 3.05) is 20.1 Å². The molecule has 118 valence electrons. The van der Waals surface area contributed by atoms with E-state index in [1.807, 2.05) is 0 Å². The first-order chi connectivity index (χ1) is 10.5. The molecule has 0 N–H and O–H groups in total. The predicted octanol–water partition coefficient (Wildman–Crippen LogP) is 3.10. The van der Waals surface area contributed by atoms with Crippen LogP contribution in [0.2, 0.25) is 0 Å². The molecule has 2 aromatic heterocycles. The van der Waals surface area contributed by atoms with Crippen molar-refractivity contribution in [1.82, 2.24) is 10.1 Å². The first kappa shape index (κ1) is 15.2. The number of hydrogen-bond acceptors (Lipinski definition) is 6. The second-order valence-electron chi connectivity index (χ2n) is 5.50. The maximum atomic E-state index is 13.2. The van der Waals surface area contributed by atoms with E-state index >= 15 is 0 Å². The van der Waals surface area contributed by atoms with Gasteiger partial charge >= 0.3 is 12.0 Å². The summed E-state index contributed by atoms with van der Waals surface area (Å²) in [6.07, 6.45) is 1.68. The highest BCUT2D eigenvalue weighted by atomic mass is 32.1. The van der Waals surface area contributed by atoms with Gasteiger partial charge in [-0.1, -0.05) is 5.16 Å². The van der Waals surface area contributed by atoms with E-state index in [9.17, 15) is 9.18 Å². The van der Waals surface area contributed by atoms with E-state index in [0.717, 1.165) is 25.9 Å². The zero-order valence-corrected chi connectivity index (χ0v) is 13.3. The van der Waals surface area contributed by atoms with Gasteiger partial charge in [0, 0.05) is 13.1 Å². The summed E-state index contributed by atoms with van der Waals surface area (Å²) in [4.78, 5) is 15.6. The van der Waals surface area contributed by atoms with Crippen LogP contribution < -0.4 is 0 Å². The number of likely N-dealkylation sites (tertiary alicyclic amines) is 1. The number of rotatable bonds is 3. The van der Waals surface area contributed by atoms with E-state index in [0.29, 0.717) is 21.0 Å². The van der Waals surface area contributed by atoms with Crippen molar-refractivity contribution >= 4 is 17.3 Å². The maximum absolute atomic E-state index is 13.2. The molecule has 0 spiro atoms. The summed E-state index contributed by atoms with van der Waals surface area (Å²) < 4.78 is 23.3. The lowest BCUT2D eigenvalue weighted by Gasteiger charge is -2.28. The summed E-state index contributed by atoms with van der Waals surface area (Å²) in [5.74, 6) is -0.326. The molecule has 7 heteroatoms. The zero-order chi connectivity index (χ0) is 15.7. The highest BCUT2D eigenvalue weighted by molar-refractivity contribution is 7.17. The quantitative estimate of drug-likeness (QED) is 0.812. The van der Waals surface area contributed by atoms with Gasteiger partial charge in [-0.3, -0.25) is 0 Å². The van der Waals surface area contributed by atoms with Gasteiger partial charge in [0.25, 0.3) is 0 Å². The Balaban J connectivity index is 1.68. The second-order valence-corrected chi connectivity index (χ2v) is 6.59. The average Bonchev–Trinajstić information content (AvgIpc) is 3.10. The highest BCUT2D eigenvalue weighted by Crippen LogP contribution is 2.31. The molecule has 0 radical (unpaired) electrons. The van der Waals surface area contributed by atoms with Crippen molar-refractivity contribution in [1.29, 1.82) is 0 Å². The van der Waals surface area contributed by atoms with E-state index in [1.54, 1.807) is 19.1 Å². The lowest BCUT2D eigenvalue weighted by atomic mass is 10.1. The SMILES string of the molecule is Cc1c(-c2ccc(C(=O)OC3CCN(C)CC3)s2)noc1F. The smallest absolute Gasteiger partial charge is 0.348 e. The first-order valence-corrected chi connectivity index (χ1v) is 7.97. The number of hydrogen-bond donors (Lipinski definition) is 0. The Bertz CT molecular complexity index is 674. The molecule has 3 rings (SSSR count). The van der Waals surface area contributed by atoms with E-state index in [1.165, 1.54) is 11.3 Å². The summed E-state index contributed by atoms with van der Waals surface area (Å²) in [6.45, 7) is 3.47. The fourth-order valence-corrected chi connectivity index (χ4v) is 3.36. The molecule has 1 saturated heterocycles. The fourth-order valence-electron chi connectivity index (χ4n) is 2.43. The molecule has 1 aliphatic heterocycles. The molecule has 0 saturated carbocycles. The third-order valence-electron chi connectivity index (χ3n) is 3.85. The van der Waals surface area contributed by atoms with Gasteiger partial charge in [0.15, 0.2) is 0 Å². The van der Waals surface area contributed by atoms with E-state index < -0.39 is 6.01 Å². The molecule has 5 nitrogen and oxygen atoms in total. The number of esters is 1. The average molecular weight is 324 g/mol. The van der Waals surface area contributed by atoms with Crippen molar-refractivity contribution in [3.8, 4) is 10.6 Å². The molecule has 0 aliphatic carbocycles. The number of carbonyl (C=O) groups is 1. The monoisotopic (exact) mass is 324 g/mol. The minimum Gasteiger partial charge on any atom is -0.458 e. The summed E-state index contributed by atoms with van der Waals surface area (Å²) >= 11 is 1.24. The van der Waals surface area contributed by atoms with Crippen LogP contribution in [0.25, 0.3) is 10.6 Å². The van der Waals surface area contributed by atoms with Gasteiger partial charge < -0.3 is 14.2 Å². The van der Waals surface area contributed by atoms with E-state index in [-0.39, 0.29) is 12.1 Å². The highest BCUT2D eigenvalue weighted by Gasteiger charge is 2.23. The summed E-state index contributed by atoms with van der Waals surface area (Å²) in [5.41, 5.74) is 0.776. The van der Waals surface area contributed by atoms with E-state index in [2.05, 4.69) is 21.6 Å². The number of carbonyl (C=O) groups excluding carboxylic acids is 1. The molecule has 0 amide bonds. The lowest BCUT2D eigenvalue weighted by Crippen LogP contribution is -2.35. The number of thiophene rings is 1. The molecule has 0 aromatic carbocycles. The molecule has 22 heavy (non-hydrogen) atoms. The van der Waals surface area contributed by atoms with Crippen LogP contribution in [0.4, 0.5) is 4.39 Å². The van der Waals surface area contributed by atoms with Crippen LogP contribution >= 0.6 is 11.3 Å². The summed E-state index contributed by atoms with van der Waals surface area (Å²) in [6, 6.07) is 2.72. The van der Waals surface area contributed by atoms with Crippen molar-refractivity contribution in [3.63, 3.8) is 0 Å². The molecular formula is C15H17FN2O3S. The fraction of sp³-hybridized carbons (Fsp3) is 0.467. The molecule has 2 aromatic rings. The van der Waals surface area contributed by atoms with Gasteiger partial charge in [0.2, 0.25) is 0 Å². The minimum atomic E-state index is -0.696. The second kappa shape index (κ2) is 6.18. The summed E-state index contributed by atoms with van der Waals surface area (Å²) in [7, 11) is 2.06. The molecule has 0 unspecified atom stereocenters. The number of aromatic nitrogens is 1. The molecule has 0 atom stereocenters. The standard InChI is InChI=1S/C15H17FN2O3S/c1-9-13(17-21-14(9)16)11-3-4-12(22-11)15(19)20-10-5-7-18(2)8-6-10/h3-4,10H,5-8H2,1-2H3. The van der Waals surface area contributed by atoms with Crippen LogP contribution in [-0.4, -0.2) is 42.3 Å². The van der Waals surface area contributed by atoms with Gasteiger partial charge in [-0.25, -0.2) is 4.79 Å². The van der Waals surface area contributed by atoms with Crippen molar-refractivity contribution in [2.24, 2.45) is 0 Å². The summed E-state index contributed by atoms with van der Waals surface area (Å²) in [5, 5.41) is 3.69. The van der Waals surface area contributed by atoms with Crippen LogP contribution in [0, 0.1) is 12.9 Å². The van der Waals surface area contributed by atoms with Gasteiger partial charge in [0.05, 0.1) is 10.4 Å². The Kier molecular flexibility index (Phi) is 4.26. The third-order valence-corrected chi connectivity index (χ3v) is 4.92. The van der Waals surface area contributed by atoms with Crippen LogP contribution in [-0.2, 0) is 4.74 Å². The number of halogens is 1. The molecule has 0 bridgehead atoms. The van der Waals surface area contributed by atoms with Crippen LogP contribution in [0.3, 0.4) is 0 Å². The molecule has 1 aliphatic rings. The van der Waals surface area contributed by atoms with Crippen LogP contribution in [0.15, 0.2) is 16.7 Å². The maximum Gasteiger partial charge on any atom is 0.348 e. The normalized spacial score (nSPS) is 16.9.